The van der Waals surface area contributed by atoms with Crippen molar-refractivity contribution in [3.63, 3.8) is 0 Å². The Balaban J connectivity index is 1.95. The number of nitrogens with one attached hydrogen (secondary N) is 2. The van der Waals surface area contributed by atoms with Crippen LogP contribution in [0.4, 0.5) is 31.5 Å². The molecule has 0 spiro atoms. The summed E-state index contributed by atoms with van der Waals surface area (Å²) in [7, 11) is 3.02. The van der Waals surface area contributed by atoms with Crippen molar-refractivity contribution in [2.24, 2.45) is 0 Å². The van der Waals surface area contributed by atoms with Crippen molar-refractivity contribution >= 4 is 28.7 Å². The van der Waals surface area contributed by atoms with Gasteiger partial charge in [-0.1, -0.05) is 12.1 Å². The van der Waals surface area contributed by atoms with Gasteiger partial charge in [-0.05, 0) is 18.2 Å². The molecule has 0 aliphatic rings. The van der Waals surface area contributed by atoms with E-state index in [0.717, 1.165) is 12.1 Å². The highest BCUT2D eigenvalue weighted by Crippen LogP contribution is 2.26. The lowest BCUT2D eigenvalue weighted by Gasteiger charge is -2.16. The number of nitro benzene ring substituents is 1. The number of nitrogens with zero attached hydrogens (tertiary/aromatic N) is 2. The predicted molar refractivity (Wildman–Crippen MR) is 95.5 cm³/mol. The van der Waals surface area contributed by atoms with Crippen LogP contribution in [0.1, 0.15) is 6.42 Å². The first kappa shape index (κ1) is 19.1. The molecule has 0 saturated carbocycles. The number of hydrogen-bond acceptors (Lipinski definition) is 5. The molecule has 0 atom stereocenters. The Hall–Kier alpha value is -3.23. The number of halogens is 2. The number of benzene rings is 2. The Morgan fingerprint density at radius 1 is 1.19 bits per heavy atom. The summed E-state index contributed by atoms with van der Waals surface area (Å²) in [6, 6.07) is 8.11. The van der Waals surface area contributed by atoms with E-state index < -0.39 is 22.5 Å². The minimum Gasteiger partial charge on any atom is -0.379 e. The molecule has 0 fully saturated rings. The van der Waals surface area contributed by atoms with Crippen molar-refractivity contribution in [3.8, 4) is 0 Å². The van der Waals surface area contributed by atoms with Gasteiger partial charge < -0.3 is 15.5 Å². The number of nitro groups is 1. The van der Waals surface area contributed by atoms with Crippen LogP contribution in [0.2, 0.25) is 0 Å². The van der Waals surface area contributed by atoms with Crippen LogP contribution in [0.25, 0.3) is 0 Å². The van der Waals surface area contributed by atoms with Gasteiger partial charge in [-0.15, -0.1) is 0 Å². The van der Waals surface area contributed by atoms with Gasteiger partial charge in [0.15, 0.2) is 11.6 Å². The van der Waals surface area contributed by atoms with E-state index in [4.69, 9.17) is 0 Å². The largest absolute Gasteiger partial charge is 0.379 e. The van der Waals surface area contributed by atoms with Crippen molar-refractivity contribution in [3.05, 3.63) is 58.1 Å². The standard InChI is InChI=1S/C17H18F2N4O3/c1-22(2)17-12(18)9-11(10-13(17)19)21-16(24)7-8-20-14-5-3-4-6-15(14)23(25)26/h3-6,9-10,20H,7-8H2,1-2H3,(H,21,24). The maximum absolute atomic E-state index is 13.9. The first-order valence-corrected chi connectivity index (χ1v) is 7.73. The molecule has 0 unspecified atom stereocenters. The molecule has 9 heteroatoms. The Morgan fingerprint density at radius 3 is 2.38 bits per heavy atom. The monoisotopic (exact) mass is 364 g/mol. The molecule has 2 N–H and O–H groups in total. The second-order valence-corrected chi connectivity index (χ2v) is 5.68. The number of carbonyl (C=O) groups is 1. The third-order valence-corrected chi connectivity index (χ3v) is 3.52. The van der Waals surface area contributed by atoms with Crippen molar-refractivity contribution < 1.29 is 18.5 Å². The third kappa shape index (κ3) is 4.65. The minimum absolute atomic E-state index is 0.00120. The predicted octanol–water partition coefficient (Wildman–Crippen LogP) is 3.38. The molecule has 0 aliphatic carbocycles. The van der Waals surface area contributed by atoms with Crippen LogP contribution in [-0.4, -0.2) is 31.5 Å². The Bertz CT molecular complexity index is 804. The molecule has 7 nitrogen and oxygen atoms in total. The fourth-order valence-electron chi connectivity index (χ4n) is 2.38. The van der Waals surface area contributed by atoms with Crippen LogP contribution in [-0.2, 0) is 4.79 Å². The zero-order valence-electron chi connectivity index (χ0n) is 14.3. The number of carbonyl (C=O) groups excluding carboxylic acids is 1. The number of anilines is 3. The highest BCUT2D eigenvalue weighted by atomic mass is 19.1. The third-order valence-electron chi connectivity index (χ3n) is 3.52. The van der Waals surface area contributed by atoms with E-state index in [9.17, 15) is 23.7 Å². The van der Waals surface area contributed by atoms with Crippen LogP contribution >= 0.6 is 0 Å². The molecule has 0 aromatic heterocycles. The average molecular weight is 364 g/mol. The summed E-state index contributed by atoms with van der Waals surface area (Å²) in [4.78, 5) is 23.6. The number of amides is 1. The van der Waals surface area contributed by atoms with Crippen LogP contribution in [0.15, 0.2) is 36.4 Å². The lowest BCUT2D eigenvalue weighted by Crippen LogP contribution is -2.18. The molecule has 2 aromatic rings. The quantitative estimate of drug-likeness (QED) is 0.581. The lowest BCUT2D eigenvalue weighted by molar-refractivity contribution is -0.384. The van der Waals surface area contributed by atoms with Gasteiger partial charge in [0.25, 0.3) is 5.69 Å². The van der Waals surface area contributed by atoms with E-state index in [2.05, 4.69) is 10.6 Å². The van der Waals surface area contributed by atoms with Gasteiger partial charge in [0.05, 0.1) is 4.92 Å². The topological polar surface area (TPSA) is 87.5 Å². The Kier molecular flexibility index (Phi) is 6.05. The molecule has 0 radical (unpaired) electrons. The van der Waals surface area contributed by atoms with Crippen LogP contribution in [0, 0.1) is 21.7 Å². The normalized spacial score (nSPS) is 10.3. The van der Waals surface area contributed by atoms with Gasteiger partial charge in [0, 0.05) is 38.8 Å². The summed E-state index contributed by atoms with van der Waals surface area (Å²) in [5.74, 6) is -2.06. The van der Waals surface area contributed by atoms with Gasteiger partial charge in [-0.25, -0.2) is 8.78 Å². The van der Waals surface area contributed by atoms with Crippen LogP contribution in [0.5, 0.6) is 0 Å². The second kappa shape index (κ2) is 8.24. The van der Waals surface area contributed by atoms with E-state index in [-0.39, 0.29) is 35.7 Å². The fraction of sp³-hybridized carbons (Fsp3) is 0.235. The molecule has 1 amide bonds. The SMILES string of the molecule is CN(C)c1c(F)cc(NC(=O)CCNc2ccccc2[N+](=O)[O-])cc1F. The van der Waals surface area contributed by atoms with Gasteiger partial charge in [-0.2, -0.15) is 0 Å². The molecule has 26 heavy (non-hydrogen) atoms. The molecule has 0 heterocycles. The lowest BCUT2D eigenvalue weighted by atomic mass is 10.2. The fourth-order valence-corrected chi connectivity index (χ4v) is 2.38. The Labute approximate surface area is 148 Å². The molecule has 2 rings (SSSR count). The van der Waals surface area contributed by atoms with Gasteiger partial charge in [0.2, 0.25) is 5.91 Å². The van der Waals surface area contributed by atoms with Crippen molar-refractivity contribution in [2.45, 2.75) is 6.42 Å². The maximum Gasteiger partial charge on any atom is 0.292 e. The summed E-state index contributed by atoms with van der Waals surface area (Å²) in [5, 5.41) is 16.1. The summed E-state index contributed by atoms with van der Waals surface area (Å²) < 4.78 is 27.8. The molecular weight excluding hydrogens is 346 g/mol. The van der Waals surface area contributed by atoms with Gasteiger partial charge >= 0.3 is 0 Å². The minimum atomic E-state index is -0.789. The number of para-hydroxylation sites is 2. The summed E-state index contributed by atoms with van der Waals surface area (Å²) in [5.41, 5.74) is -0.00334. The summed E-state index contributed by atoms with van der Waals surface area (Å²) in [6.07, 6.45) is -0.0370. The van der Waals surface area contributed by atoms with Crippen molar-refractivity contribution in [1.29, 1.82) is 0 Å². The van der Waals surface area contributed by atoms with Crippen molar-refractivity contribution in [2.75, 3.05) is 36.2 Å². The van der Waals surface area contributed by atoms with E-state index in [1.807, 2.05) is 0 Å². The van der Waals surface area contributed by atoms with Crippen molar-refractivity contribution in [1.82, 2.24) is 0 Å². The number of hydrogen-bond donors (Lipinski definition) is 2. The highest BCUT2D eigenvalue weighted by molar-refractivity contribution is 5.91. The van der Waals surface area contributed by atoms with Gasteiger partial charge in [-0.3, -0.25) is 14.9 Å². The Morgan fingerprint density at radius 2 is 1.81 bits per heavy atom. The zero-order chi connectivity index (χ0) is 19.3. The van der Waals surface area contributed by atoms with Crippen LogP contribution in [0.3, 0.4) is 0 Å². The summed E-state index contributed by atoms with van der Waals surface area (Å²) in [6.45, 7) is 0.122. The van der Waals surface area contributed by atoms with Gasteiger partial charge in [0.1, 0.15) is 11.4 Å². The smallest absolute Gasteiger partial charge is 0.292 e. The molecule has 138 valence electrons. The molecule has 0 bridgehead atoms. The average Bonchev–Trinajstić information content (AvgIpc) is 2.54. The maximum atomic E-state index is 13.9. The number of rotatable bonds is 7. The van der Waals surface area contributed by atoms with E-state index >= 15 is 0 Å². The highest BCUT2D eigenvalue weighted by Gasteiger charge is 2.15. The van der Waals surface area contributed by atoms with E-state index in [0.29, 0.717) is 0 Å². The first-order valence-electron chi connectivity index (χ1n) is 7.73. The summed E-state index contributed by atoms with van der Waals surface area (Å²) >= 11 is 0. The molecular formula is C17H18F2N4O3. The van der Waals surface area contributed by atoms with E-state index in [1.54, 1.807) is 6.07 Å². The van der Waals surface area contributed by atoms with E-state index in [1.165, 1.54) is 37.2 Å². The van der Waals surface area contributed by atoms with Crippen LogP contribution < -0.4 is 15.5 Å². The molecule has 0 aliphatic heterocycles. The first-order chi connectivity index (χ1) is 12.3. The zero-order valence-corrected chi connectivity index (χ0v) is 14.3. The molecule has 2 aromatic carbocycles. The second-order valence-electron chi connectivity index (χ2n) is 5.68. The molecule has 0 saturated heterocycles.